The van der Waals surface area contributed by atoms with E-state index in [2.05, 4.69) is 5.32 Å². The highest BCUT2D eigenvalue weighted by molar-refractivity contribution is 7.54. The van der Waals surface area contributed by atoms with Gasteiger partial charge in [-0.3, -0.25) is 9.36 Å². The molecule has 10 heteroatoms. The van der Waals surface area contributed by atoms with Gasteiger partial charge in [-0.1, -0.05) is 56.4 Å². The van der Waals surface area contributed by atoms with E-state index in [1.165, 1.54) is 24.8 Å². The Hall–Kier alpha value is -1.93. The molecule has 0 spiro atoms. The van der Waals surface area contributed by atoms with Crippen LogP contribution in [0, 0.1) is 5.92 Å². The molecule has 9 nitrogen and oxygen atoms in total. The molecular weight excluding hydrogens is 483 g/mol. The van der Waals surface area contributed by atoms with Gasteiger partial charge in [-0.2, -0.15) is 0 Å². The van der Waals surface area contributed by atoms with Crippen LogP contribution in [0.2, 0.25) is 0 Å². The second-order valence-corrected chi connectivity index (χ2v) is 11.6. The van der Waals surface area contributed by atoms with E-state index in [-0.39, 0.29) is 32.1 Å². The van der Waals surface area contributed by atoms with E-state index in [0.717, 1.165) is 31.2 Å². The van der Waals surface area contributed by atoms with Crippen molar-refractivity contribution in [3.63, 3.8) is 0 Å². The molecule has 1 aliphatic heterocycles. The van der Waals surface area contributed by atoms with Gasteiger partial charge in [0.2, 0.25) is 5.91 Å². The van der Waals surface area contributed by atoms with Crippen molar-refractivity contribution in [1.29, 1.82) is 0 Å². The lowest BCUT2D eigenvalue weighted by Crippen LogP contribution is -2.48. The van der Waals surface area contributed by atoms with Gasteiger partial charge in [-0.05, 0) is 43.7 Å². The number of hydrogen-bond donors (Lipinski definition) is 2. The summed E-state index contributed by atoms with van der Waals surface area (Å²) in [6.45, 7) is 3.99. The first kappa shape index (κ1) is 28.6. The van der Waals surface area contributed by atoms with Crippen molar-refractivity contribution >= 4 is 19.6 Å². The largest absolute Gasteiger partial charge is 0.447 e. The maximum atomic E-state index is 13.2. The Morgan fingerprint density at radius 3 is 2.44 bits per heavy atom. The smallest absolute Gasteiger partial charge is 0.410 e. The van der Waals surface area contributed by atoms with Crippen LogP contribution >= 0.6 is 7.60 Å². The van der Waals surface area contributed by atoms with Gasteiger partial charge in [0, 0.05) is 19.5 Å². The van der Waals surface area contributed by atoms with Crippen LogP contribution in [0.3, 0.4) is 0 Å². The molecule has 36 heavy (non-hydrogen) atoms. The topological polar surface area (TPSA) is 114 Å². The predicted octanol–water partition coefficient (Wildman–Crippen LogP) is 4.61. The number of ether oxygens (including phenoxy) is 1. The summed E-state index contributed by atoms with van der Waals surface area (Å²) in [6.07, 6.45) is 7.09. The van der Waals surface area contributed by atoms with Crippen molar-refractivity contribution in [2.24, 2.45) is 5.92 Å². The number of aliphatic hydroxyl groups excluding tert-OH is 1. The van der Waals surface area contributed by atoms with Gasteiger partial charge in [0.25, 0.3) is 0 Å². The number of carbonyl (C=O) groups is 2. The molecule has 0 bridgehead atoms. The highest BCUT2D eigenvalue weighted by Gasteiger charge is 2.41. The van der Waals surface area contributed by atoms with Crippen molar-refractivity contribution < 1.29 is 33.0 Å². The van der Waals surface area contributed by atoms with E-state index in [1.807, 2.05) is 24.3 Å². The molecule has 2 aliphatic rings. The van der Waals surface area contributed by atoms with Gasteiger partial charge in [-0.15, -0.1) is 0 Å². The van der Waals surface area contributed by atoms with E-state index in [4.69, 9.17) is 13.8 Å². The Morgan fingerprint density at radius 2 is 1.78 bits per heavy atom. The van der Waals surface area contributed by atoms with Gasteiger partial charge in [0.05, 0.1) is 13.2 Å². The Kier molecular flexibility index (Phi) is 11.2. The van der Waals surface area contributed by atoms with Crippen LogP contribution < -0.4 is 5.32 Å². The Bertz CT molecular complexity index is 896. The summed E-state index contributed by atoms with van der Waals surface area (Å²) in [7, 11) is -3.97. The van der Waals surface area contributed by atoms with E-state index >= 15 is 0 Å². The average Bonchev–Trinajstić information content (AvgIpc) is 2.89. The Balaban J connectivity index is 1.63. The Labute approximate surface area is 214 Å². The number of carbonyl (C=O) groups excluding carboxylic acids is 2. The molecule has 1 saturated carbocycles. The molecule has 1 aromatic carbocycles. The normalized spacial score (nSPS) is 18.2. The second kappa shape index (κ2) is 14.1. The SMILES string of the molecule is CCOP(=O)(OCC)C(O)C(COC(=O)N1CCc2ccccc2C1)NC(=O)CCC1CCCCC1. The average molecular weight is 525 g/mol. The van der Waals surface area contributed by atoms with Crippen LogP contribution in [-0.4, -0.2) is 60.3 Å². The van der Waals surface area contributed by atoms with Crippen LogP contribution in [0.4, 0.5) is 4.79 Å². The van der Waals surface area contributed by atoms with Crippen molar-refractivity contribution in [3.05, 3.63) is 35.4 Å². The number of rotatable bonds is 12. The minimum atomic E-state index is -3.97. The standard InChI is InChI=1S/C26H41N2O7P/c1-3-34-36(32,35-4-2)25(30)23(27-24(29)15-14-20-10-6-5-7-11-20)19-33-26(31)28-17-16-21-12-8-9-13-22(21)18-28/h8-9,12-13,20,23,25,30H,3-7,10-11,14-19H2,1-2H3,(H,27,29). The van der Waals surface area contributed by atoms with Crippen molar-refractivity contribution in [1.82, 2.24) is 10.2 Å². The maximum absolute atomic E-state index is 13.2. The zero-order valence-electron chi connectivity index (χ0n) is 21.5. The number of nitrogens with one attached hydrogen (secondary N) is 1. The molecule has 2 N–H and O–H groups in total. The summed E-state index contributed by atoms with van der Waals surface area (Å²) in [6, 6.07) is 6.81. The monoisotopic (exact) mass is 524 g/mol. The molecule has 1 fully saturated rings. The lowest BCUT2D eigenvalue weighted by atomic mass is 9.86. The van der Waals surface area contributed by atoms with Crippen LogP contribution in [0.15, 0.2) is 24.3 Å². The third-order valence-electron chi connectivity index (χ3n) is 6.93. The number of fused-ring (bicyclic) bond motifs is 1. The third-order valence-corrected chi connectivity index (χ3v) is 9.17. The number of nitrogens with zero attached hydrogens (tertiary/aromatic N) is 1. The maximum Gasteiger partial charge on any atom is 0.410 e. The molecule has 202 valence electrons. The first-order valence-corrected chi connectivity index (χ1v) is 14.8. The summed E-state index contributed by atoms with van der Waals surface area (Å²) < 4.78 is 29.3. The zero-order chi connectivity index (χ0) is 26.0. The molecule has 2 atom stereocenters. The summed E-state index contributed by atoms with van der Waals surface area (Å²) in [5.41, 5.74) is 2.26. The van der Waals surface area contributed by atoms with E-state index in [1.54, 1.807) is 18.7 Å². The van der Waals surface area contributed by atoms with E-state index in [0.29, 0.717) is 19.0 Å². The summed E-state index contributed by atoms with van der Waals surface area (Å²) in [5, 5.41) is 13.7. The second-order valence-electron chi connectivity index (χ2n) is 9.52. The molecule has 0 radical (unpaired) electrons. The molecule has 2 unspecified atom stereocenters. The summed E-state index contributed by atoms with van der Waals surface area (Å²) in [4.78, 5) is 27.2. The molecule has 1 aromatic rings. The molecule has 2 amide bonds. The van der Waals surface area contributed by atoms with Crippen LogP contribution in [0.1, 0.15) is 69.9 Å². The number of aliphatic hydroxyl groups is 1. The van der Waals surface area contributed by atoms with E-state index < -0.39 is 25.6 Å². The fourth-order valence-corrected chi connectivity index (χ4v) is 6.67. The highest BCUT2D eigenvalue weighted by Crippen LogP contribution is 2.53. The Morgan fingerprint density at radius 1 is 1.11 bits per heavy atom. The van der Waals surface area contributed by atoms with Crippen LogP contribution in [0.25, 0.3) is 0 Å². The van der Waals surface area contributed by atoms with Gasteiger partial charge in [0.15, 0.2) is 5.85 Å². The highest BCUT2D eigenvalue weighted by atomic mass is 31.2. The van der Waals surface area contributed by atoms with Gasteiger partial charge < -0.3 is 29.1 Å². The first-order chi connectivity index (χ1) is 17.4. The van der Waals surface area contributed by atoms with Crippen molar-refractivity contribution in [2.75, 3.05) is 26.4 Å². The first-order valence-electron chi connectivity index (χ1n) is 13.2. The minimum Gasteiger partial charge on any atom is -0.447 e. The van der Waals surface area contributed by atoms with Crippen molar-refractivity contribution in [2.45, 2.75) is 83.6 Å². The molecule has 3 rings (SSSR count). The van der Waals surface area contributed by atoms with E-state index in [9.17, 15) is 19.3 Å². The molecule has 0 saturated heterocycles. The van der Waals surface area contributed by atoms with Gasteiger partial charge >= 0.3 is 13.7 Å². The number of amides is 2. The lowest BCUT2D eigenvalue weighted by molar-refractivity contribution is -0.123. The van der Waals surface area contributed by atoms with Crippen LogP contribution in [-0.2, 0) is 36.1 Å². The van der Waals surface area contributed by atoms with Gasteiger partial charge in [0.1, 0.15) is 12.6 Å². The lowest BCUT2D eigenvalue weighted by Gasteiger charge is -2.31. The predicted molar refractivity (Wildman–Crippen MR) is 137 cm³/mol. The summed E-state index contributed by atoms with van der Waals surface area (Å²) >= 11 is 0. The fourth-order valence-electron chi connectivity index (χ4n) is 4.97. The third kappa shape index (κ3) is 8.04. The molecule has 1 aliphatic carbocycles. The zero-order valence-corrected chi connectivity index (χ0v) is 22.4. The quantitative estimate of drug-likeness (QED) is 0.384. The molecular formula is C26H41N2O7P. The fraction of sp³-hybridized carbons (Fsp3) is 0.692. The molecule has 1 heterocycles. The number of benzene rings is 1. The molecule has 0 aromatic heterocycles. The summed E-state index contributed by atoms with van der Waals surface area (Å²) in [5.74, 6) is -1.44. The van der Waals surface area contributed by atoms with Crippen LogP contribution in [0.5, 0.6) is 0 Å². The van der Waals surface area contributed by atoms with Crippen molar-refractivity contribution in [3.8, 4) is 0 Å². The number of hydrogen-bond acceptors (Lipinski definition) is 7. The van der Waals surface area contributed by atoms with Gasteiger partial charge in [-0.25, -0.2) is 4.79 Å². The minimum absolute atomic E-state index is 0.0592.